The Morgan fingerprint density at radius 3 is 2.66 bits per heavy atom. The minimum absolute atomic E-state index is 0.0128. The molecule has 3 atom stereocenters. The maximum atomic E-state index is 15.0. The highest BCUT2D eigenvalue weighted by Crippen LogP contribution is 2.48. The van der Waals surface area contributed by atoms with Crippen molar-refractivity contribution >= 4 is 28.5 Å². The lowest BCUT2D eigenvalue weighted by Gasteiger charge is -2.38. The summed E-state index contributed by atoms with van der Waals surface area (Å²) >= 11 is 5.95. The molecule has 32 heavy (non-hydrogen) atoms. The molecule has 10 heteroatoms. The highest BCUT2D eigenvalue weighted by atomic mass is 35.5. The molecule has 2 aromatic carbocycles. The molecule has 2 aliphatic heterocycles. The van der Waals surface area contributed by atoms with E-state index in [0.29, 0.717) is 22.9 Å². The van der Waals surface area contributed by atoms with E-state index in [9.17, 15) is 18.5 Å². The molecule has 2 unspecified atom stereocenters. The van der Waals surface area contributed by atoms with E-state index in [4.69, 9.17) is 21.1 Å². The van der Waals surface area contributed by atoms with Gasteiger partial charge in [-0.2, -0.15) is 0 Å². The van der Waals surface area contributed by atoms with Crippen LogP contribution in [0.1, 0.15) is 24.8 Å². The highest BCUT2D eigenvalue weighted by molar-refractivity contribution is 7.86. The van der Waals surface area contributed by atoms with Crippen LogP contribution in [0.5, 0.6) is 5.75 Å². The zero-order valence-electron chi connectivity index (χ0n) is 17.1. The topological polar surface area (TPSA) is 76.1 Å². The zero-order valence-corrected chi connectivity index (χ0v) is 18.6. The van der Waals surface area contributed by atoms with Crippen LogP contribution in [0.3, 0.4) is 0 Å². The first kappa shape index (κ1) is 22.9. The van der Waals surface area contributed by atoms with Gasteiger partial charge in [-0.05, 0) is 42.8 Å². The number of hydrogen-bond donors (Lipinski definition) is 1. The predicted molar refractivity (Wildman–Crippen MR) is 114 cm³/mol. The molecule has 0 aliphatic carbocycles. The van der Waals surface area contributed by atoms with Crippen molar-refractivity contribution in [3.63, 3.8) is 0 Å². The molecule has 1 fully saturated rings. The molecule has 4 rings (SSSR count). The van der Waals surface area contributed by atoms with Crippen molar-refractivity contribution < 1.29 is 32.4 Å². The maximum absolute atomic E-state index is 15.0. The van der Waals surface area contributed by atoms with E-state index >= 15 is 4.39 Å². The molecule has 1 saturated heterocycles. The minimum atomic E-state index is -1.83. The summed E-state index contributed by atoms with van der Waals surface area (Å²) in [6.45, 7) is 0.411. The fraction of sp³-hybridized carbons (Fsp3) is 0.409. The van der Waals surface area contributed by atoms with Gasteiger partial charge in [-0.25, -0.2) is 13.6 Å². The van der Waals surface area contributed by atoms with Gasteiger partial charge in [-0.3, -0.25) is 4.21 Å². The molecule has 1 N–H and O–H groups in total. The van der Waals surface area contributed by atoms with Crippen molar-refractivity contribution in [2.45, 2.75) is 35.0 Å². The van der Waals surface area contributed by atoms with Crippen LogP contribution in [-0.4, -0.2) is 52.7 Å². The summed E-state index contributed by atoms with van der Waals surface area (Å²) in [5, 5.41) is 10.1. The molecule has 2 aromatic rings. The molecule has 1 amide bonds. The number of aliphatic hydroxyl groups excluding tert-OH is 1. The summed E-state index contributed by atoms with van der Waals surface area (Å²) in [5.41, 5.74) is -0.121. The van der Waals surface area contributed by atoms with Gasteiger partial charge >= 0.3 is 6.09 Å². The zero-order chi connectivity index (χ0) is 22.9. The Morgan fingerprint density at radius 1 is 1.25 bits per heavy atom. The molecule has 0 bridgehead atoms. The number of amides is 1. The number of carbonyl (C=O) groups is 1. The van der Waals surface area contributed by atoms with Gasteiger partial charge in [0.15, 0.2) is 11.6 Å². The van der Waals surface area contributed by atoms with Gasteiger partial charge in [0.1, 0.15) is 5.82 Å². The fourth-order valence-electron chi connectivity index (χ4n) is 4.16. The molecule has 0 spiro atoms. The Bertz CT molecular complexity index is 1040. The van der Waals surface area contributed by atoms with Crippen LogP contribution in [0, 0.1) is 11.6 Å². The van der Waals surface area contributed by atoms with Crippen molar-refractivity contribution in [3.8, 4) is 5.75 Å². The second-order valence-electron chi connectivity index (χ2n) is 7.80. The Morgan fingerprint density at radius 2 is 1.97 bits per heavy atom. The lowest BCUT2D eigenvalue weighted by molar-refractivity contribution is 0.0961. The molecule has 0 saturated carbocycles. The van der Waals surface area contributed by atoms with Crippen LogP contribution in [0.4, 0.5) is 13.6 Å². The Balaban J connectivity index is 1.66. The van der Waals surface area contributed by atoms with E-state index in [0.717, 1.165) is 12.1 Å². The normalized spacial score (nSPS) is 23.4. The summed E-state index contributed by atoms with van der Waals surface area (Å²) in [7, 11) is -1.83. The van der Waals surface area contributed by atoms with Crippen LogP contribution >= 0.6 is 11.6 Å². The van der Waals surface area contributed by atoms with E-state index in [1.54, 1.807) is 24.3 Å². The van der Waals surface area contributed by atoms with Crippen LogP contribution in [0.25, 0.3) is 0 Å². The third-order valence-electron chi connectivity index (χ3n) is 5.80. The number of aliphatic hydroxyl groups is 1. The second kappa shape index (κ2) is 9.33. The van der Waals surface area contributed by atoms with E-state index < -0.39 is 39.4 Å². The third kappa shape index (κ3) is 4.33. The summed E-state index contributed by atoms with van der Waals surface area (Å²) in [5.74, 6) is -1.76. The minimum Gasteiger partial charge on any atom is -0.490 e. The van der Waals surface area contributed by atoms with Gasteiger partial charge in [0.2, 0.25) is 0 Å². The number of fused-ring (bicyclic) bond motifs is 1. The SMILES string of the molecule is O=C(OCCC1(S(=O)c2ccc(Cl)cc2)CCOc2c(F)ccc(F)c21)N1CC[C@@H](O)C1. The standard InChI is InChI=1S/C22H22ClF2NO5S/c23-14-1-3-16(4-2-14)32(29)22(9-12-31-21(28)26-10-7-15(27)13-26)8-11-30-20-18(25)6-5-17(24)19(20)22/h1-6,15,27H,7-13H2/t15-,22?,32?/m1/s1. The Labute approximate surface area is 191 Å². The molecule has 2 heterocycles. The third-order valence-corrected chi connectivity index (χ3v) is 8.08. The number of likely N-dealkylation sites (tertiary alicyclic amines) is 1. The number of β-amino-alcohol motifs (C(OH)–C–C–N with tert-alkyl or cyclic N) is 1. The molecule has 2 aliphatic rings. The number of hydrogen-bond acceptors (Lipinski definition) is 5. The van der Waals surface area contributed by atoms with Crippen LogP contribution < -0.4 is 4.74 Å². The van der Waals surface area contributed by atoms with Gasteiger partial charge in [-0.1, -0.05) is 11.6 Å². The van der Waals surface area contributed by atoms with Crippen LogP contribution in [0.2, 0.25) is 5.02 Å². The summed E-state index contributed by atoms with van der Waals surface area (Å²) < 4.78 is 52.7. The van der Waals surface area contributed by atoms with E-state index in [2.05, 4.69) is 0 Å². The lowest BCUT2D eigenvalue weighted by Crippen LogP contribution is -2.40. The molecule has 0 aromatic heterocycles. The number of carbonyl (C=O) groups excluding carboxylic acids is 1. The number of nitrogens with zero attached hydrogens (tertiary/aromatic N) is 1. The van der Waals surface area contributed by atoms with Crippen LogP contribution in [-0.2, 0) is 20.3 Å². The lowest BCUT2D eigenvalue weighted by atomic mass is 9.88. The van der Waals surface area contributed by atoms with Gasteiger partial charge < -0.3 is 19.5 Å². The largest absolute Gasteiger partial charge is 0.490 e. The summed E-state index contributed by atoms with van der Waals surface area (Å²) in [4.78, 5) is 14.1. The van der Waals surface area contributed by atoms with Gasteiger partial charge in [-0.15, -0.1) is 0 Å². The number of benzene rings is 2. The summed E-state index contributed by atoms with van der Waals surface area (Å²) in [6, 6.07) is 8.24. The summed E-state index contributed by atoms with van der Waals surface area (Å²) in [6.07, 6.45) is -0.613. The molecule has 172 valence electrons. The molecular weight excluding hydrogens is 464 g/mol. The van der Waals surface area contributed by atoms with Crippen molar-refractivity contribution in [3.05, 3.63) is 58.6 Å². The van der Waals surface area contributed by atoms with E-state index in [1.165, 1.54) is 4.90 Å². The second-order valence-corrected chi connectivity index (χ2v) is 10.0. The van der Waals surface area contributed by atoms with E-state index in [1.807, 2.05) is 0 Å². The van der Waals surface area contributed by atoms with Gasteiger partial charge in [0.05, 0.1) is 40.4 Å². The first-order valence-corrected chi connectivity index (χ1v) is 11.7. The van der Waals surface area contributed by atoms with Gasteiger partial charge in [0.25, 0.3) is 0 Å². The van der Waals surface area contributed by atoms with Crippen molar-refractivity contribution in [1.82, 2.24) is 4.90 Å². The fourth-order valence-corrected chi connectivity index (χ4v) is 6.03. The number of rotatable bonds is 5. The first-order valence-electron chi connectivity index (χ1n) is 10.2. The van der Waals surface area contributed by atoms with Crippen molar-refractivity contribution in [1.29, 1.82) is 0 Å². The van der Waals surface area contributed by atoms with E-state index in [-0.39, 0.29) is 43.9 Å². The molecular formula is C22H22ClF2NO5S. The first-order chi connectivity index (χ1) is 15.3. The molecule has 0 radical (unpaired) electrons. The Kier molecular flexibility index (Phi) is 6.69. The highest BCUT2D eigenvalue weighted by Gasteiger charge is 2.47. The predicted octanol–water partition coefficient (Wildman–Crippen LogP) is 4.00. The van der Waals surface area contributed by atoms with Crippen molar-refractivity contribution in [2.24, 2.45) is 0 Å². The monoisotopic (exact) mass is 485 g/mol. The quantitative estimate of drug-likeness (QED) is 0.693. The van der Waals surface area contributed by atoms with Crippen molar-refractivity contribution in [2.75, 3.05) is 26.3 Å². The maximum Gasteiger partial charge on any atom is 0.409 e. The number of ether oxygens (including phenoxy) is 2. The molecule has 6 nitrogen and oxygen atoms in total. The van der Waals surface area contributed by atoms with Crippen LogP contribution in [0.15, 0.2) is 41.3 Å². The number of halogens is 3. The average Bonchev–Trinajstić information content (AvgIpc) is 3.22. The Hall–Kier alpha value is -2.23. The van der Waals surface area contributed by atoms with Gasteiger partial charge in [0, 0.05) is 35.8 Å². The average molecular weight is 486 g/mol. The smallest absolute Gasteiger partial charge is 0.409 e.